The van der Waals surface area contributed by atoms with E-state index in [0.717, 1.165) is 15.7 Å². The Morgan fingerprint density at radius 3 is 2.44 bits per heavy atom. The van der Waals surface area contributed by atoms with Crippen LogP contribution in [0.3, 0.4) is 0 Å². The highest BCUT2D eigenvalue weighted by Gasteiger charge is 2.24. The third-order valence-corrected chi connectivity index (χ3v) is 4.35. The van der Waals surface area contributed by atoms with Gasteiger partial charge in [0.2, 0.25) is 11.7 Å². The number of aromatic nitrogens is 1. The maximum Gasteiger partial charge on any atom is 0.271 e. The number of pyridine rings is 1. The standard InChI is InChI=1S/C20H22N2O5/c1-12-6-5-7-13(2)18(12)27-11-16(23)17-14(3)15(10-21)19(24)22(20(17)25)8-9-26-4/h5-7,25H,8-9,11H2,1-4H3. The van der Waals surface area contributed by atoms with E-state index in [2.05, 4.69) is 0 Å². The van der Waals surface area contributed by atoms with Gasteiger partial charge in [-0.2, -0.15) is 5.26 Å². The molecule has 0 unspecified atom stereocenters. The molecule has 0 spiro atoms. The molecule has 0 amide bonds. The normalized spacial score (nSPS) is 10.5. The summed E-state index contributed by atoms with van der Waals surface area (Å²) in [5.41, 5.74) is 0.978. The van der Waals surface area contributed by atoms with Crippen molar-refractivity contribution in [2.24, 2.45) is 0 Å². The molecule has 2 rings (SSSR count). The second-order valence-corrected chi connectivity index (χ2v) is 6.19. The Kier molecular flexibility index (Phi) is 6.37. The van der Waals surface area contributed by atoms with Gasteiger partial charge in [0.15, 0.2) is 6.61 Å². The number of ether oxygens (including phenoxy) is 2. The summed E-state index contributed by atoms with van der Waals surface area (Å²) >= 11 is 0. The predicted octanol–water partition coefficient (Wildman–Crippen LogP) is 2.26. The van der Waals surface area contributed by atoms with E-state index >= 15 is 0 Å². The third kappa shape index (κ3) is 4.01. The molecule has 7 nitrogen and oxygen atoms in total. The van der Waals surface area contributed by atoms with Gasteiger partial charge in [-0.3, -0.25) is 14.2 Å². The van der Waals surface area contributed by atoms with E-state index in [-0.39, 0.29) is 36.4 Å². The van der Waals surface area contributed by atoms with Gasteiger partial charge in [-0.1, -0.05) is 18.2 Å². The van der Waals surface area contributed by atoms with Gasteiger partial charge in [0.25, 0.3) is 5.56 Å². The van der Waals surface area contributed by atoms with Gasteiger partial charge in [-0.25, -0.2) is 0 Å². The number of ketones is 1. The van der Waals surface area contributed by atoms with Gasteiger partial charge in [-0.05, 0) is 37.5 Å². The number of benzene rings is 1. The molecule has 0 aliphatic rings. The SMILES string of the molecule is COCCn1c(O)c(C(=O)COc2c(C)cccc2C)c(C)c(C#N)c1=O. The Balaban J connectivity index is 2.43. The zero-order valence-corrected chi connectivity index (χ0v) is 15.8. The molecular weight excluding hydrogens is 348 g/mol. The number of hydrogen-bond acceptors (Lipinski definition) is 6. The fourth-order valence-electron chi connectivity index (χ4n) is 2.91. The number of carbonyl (C=O) groups excluding carboxylic acids is 1. The fraction of sp³-hybridized carbons (Fsp3) is 0.350. The number of Topliss-reactive ketones (excluding diaryl/α,β-unsaturated/α-hetero) is 1. The molecule has 0 saturated heterocycles. The molecule has 0 saturated carbocycles. The lowest BCUT2D eigenvalue weighted by atomic mass is 10.0. The van der Waals surface area contributed by atoms with Crippen molar-refractivity contribution in [1.29, 1.82) is 5.26 Å². The number of nitrogens with zero attached hydrogens (tertiary/aromatic N) is 2. The molecule has 1 aromatic carbocycles. The molecule has 0 aliphatic carbocycles. The van der Waals surface area contributed by atoms with Crippen molar-refractivity contribution >= 4 is 5.78 Å². The summed E-state index contributed by atoms with van der Waals surface area (Å²) in [6.07, 6.45) is 0. The topological polar surface area (TPSA) is 102 Å². The van der Waals surface area contributed by atoms with Crippen LogP contribution in [0.15, 0.2) is 23.0 Å². The first-order chi connectivity index (χ1) is 12.8. The summed E-state index contributed by atoms with van der Waals surface area (Å²) in [5.74, 6) is -0.407. The minimum atomic E-state index is -0.656. The van der Waals surface area contributed by atoms with Crippen LogP contribution in [0.1, 0.15) is 32.6 Å². The molecule has 1 aromatic heterocycles. The van der Waals surface area contributed by atoms with Crippen LogP contribution in [0.25, 0.3) is 0 Å². The Bertz CT molecular complexity index is 950. The van der Waals surface area contributed by atoms with E-state index in [0.29, 0.717) is 5.75 Å². The highest BCUT2D eigenvalue weighted by molar-refractivity contribution is 6.01. The quantitative estimate of drug-likeness (QED) is 0.750. The van der Waals surface area contributed by atoms with E-state index < -0.39 is 17.2 Å². The van der Waals surface area contributed by atoms with Crippen LogP contribution in [0, 0.1) is 32.1 Å². The first-order valence-electron chi connectivity index (χ1n) is 8.41. The molecular formula is C20H22N2O5. The van der Waals surface area contributed by atoms with E-state index in [4.69, 9.17) is 9.47 Å². The Labute approximate surface area is 157 Å². The molecule has 0 atom stereocenters. The van der Waals surface area contributed by atoms with Gasteiger partial charge in [0.1, 0.15) is 17.4 Å². The zero-order chi connectivity index (χ0) is 20.1. The number of para-hydroxylation sites is 1. The number of hydrogen-bond donors (Lipinski definition) is 1. The number of methoxy groups -OCH3 is 1. The number of nitriles is 1. The first kappa shape index (κ1) is 20.2. The first-order valence-corrected chi connectivity index (χ1v) is 8.41. The number of aryl methyl sites for hydroxylation is 2. The monoisotopic (exact) mass is 370 g/mol. The van der Waals surface area contributed by atoms with Crippen molar-refractivity contribution in [3.05, 3.63) is 56.4 Å². The van der Waals surface area contributed by atoms with Gasteiger partial charge in [0, 0.05) is 7.11 Å². The average Bonchev–Trinajstić information content (AvgIpc) is 2.61. The molecule has 142 valence electrons. The fourth-order valence-corrected chi connectivity index (χ4v) is 2.91. The second-order valence-electron chi connectivity index (χ2n) is 6.19. The third-order valence-electron chi connectivity index (χ3n) is 4.35. The van der Waals surface area contributed by atoms with Crippen LogP contribution < -0.4 is 10.3 Å². The number of aromatic hydroxyl groups is 1. The van der Waals surface area contributed by atoms with Crippen molar-refractivity contribution < 1.29 is 19.4 Å². The van der Waals surface area contributed by atoms with E-state index in [1.54, 1.807) is 0 Å². The van der Waals surface area contributed by atoms with Gasteiger partial charge in [-0.15, -0.1) is 0 Å². The number of rotatable bonds is 7. The van der Waals surface area contributed by atoms with Crippen molar-refractivity contribution in [1.82, 2.24) is 4.57 Å². The highest BCUT2D eigenvalue weighted by atomic mass is 16.5. The van der Waals surface area contributed by atoms with Crippen LogP contribution in [-0.4, -0.2) is 35.8 Å². The number of carbonyl (C=O) groups is 1. The summed E-state index contributed by atoms with van der Waals surface area (Å²) in [5, 5.41) is 19.8. The van der Waals surface area contributed by atoms with Crippen LogP contribution in [0.5, 0.6) is 11.6 Å². The van der Waals surface area contributed by atoms with Crippen molar-refractivity contribution in [2.45, 2.75) is 27.3 Å². The summed E-state index contributed by atoms with van der Waals surface area (Å²) in [6, 6.07) is 7.44. The summed E-state index contributed by atoms with van der Waals surface area (Å²) < 4.78 is 11.6. The molecule has 0 aliphatic heterocycles. The molecule has 1 N–H and O–H groups in total. The Hall–Kier alpha value is -3.11. The van der Waals surface area contributed by atoms with E-state index in [9.17, 15) is 20.0 Å². The lowest BCUT2D eigenvalue weighted by Gasteiger charge is -2.16. The molecule has 27 heavy (non-hydrogen) atoms. The van der Waals surface area contributed by atoms with Crippen LogP contribution in [0.4, 0.5) is 0 Å². The average molecular weight is 370 g/mol. The summed E-state index contributed by atoms with van der Waals surface area (Å²) in [4.78, 5) is 25.1. The Morgan fingerprint density at radius 2 is 1.89 bits per heavy atom. The smallest absolute Gasteiger partial charge is 0.271 e. The zero-order valence-electron chi connectivity index (χ0n) is 15.8. The van der Waals surface area contributed by atoms with Gasteiger partial charge in [0.05, 0.1) is 18.7 Å². The van der Waals surface area contributed by atoms with Gasteiger partial charge < -0.3 is 14.6 Å². The van der Waals surface area contributed by atoms with Crippen LogP contribution in [0.2, 0.25) is 0 Å². The molecule has 0 bridgehead atoms. The molecule has 7 heteroatoms. The lowest BCUT2D eigenvalue weighted by molar-refractivity contribution is 0.0914. The van der Waals surface area contributed by atoms with Crippen LogP contribution >= 0.6 is 0 Å². The minimum Gasteiger partial charge on any atom is -0.494 e. The maximum absolute atomic E-state index is 12.7. The second kappa shape index (κ2) is 8.52. The van der Waals surface area contributed by atoms with Crippen LogP contribution in [-0.2, 0) is 11.3 Å². The van der Waals surface area contributed by atoms with Gasteiger partial charge >= 0.3 is 0 Å². The maximum atomic E-state index is 12.7. The lowest BCUT2D eigenvalue weighted by Crippen LogP contribution is -2.29. The molecule has 1 heterocycles. The van der Waals surface area contributed by atoms with E-state index in [1.807, 2.05) is 38.1 Å². The summed E-state index contributed by atoms with van der Waals surface area (Å²) in [6.45, 7) is 5.05. The van der Waals surface area contributed by atoms with E-state index in [1.165, 1.54) is 14.0 Å². The van der Waals surface area contributed by atoms with Crippen molar-refractivity contribution in [3.8, 4) is 17.7 Å². The minimum absolute atomic E-state index is 0.0220. The molecule has 0 radical (unpaired) electrons. The van der Waals surface area contributed by atoms with Crippen molar-refractivity contribution in [2.75, 3.05) is 20.3 Å². The highest BCUT2D eigenvalue weighted by Crippen LogP contribution is 2.25. The molecule has 0 fully saturated rings. The van der Waals surface area contributed by atoms with Crippen molar-refractivity contribution in [3.63, 3.8) is 0 Å². The largest absolute Gasteiger partial charge is 0.494 e. The Morgan fingerprint density at radius 1 is 1.26 bits per heavy atom. The predicted molar refractivity (Wildman–Crippen MR) is 99.4 cm³/mol. The molecule has 2 aromatic rings. The summed E-state index contributed by atoms with van der Waals surface area (Å²) in [7, 11) is 1.45.